The van der Waals surface area contributed by atoms with Gasteiger partial charge in [0.25, 0.3) is 0 Å². The first-order chi connectivity index (χ1) is 12.5. The molecule has 26 heavy (non-hydrogen) atoms. The topological polar surface area (TPSA) is 67.6 Å². The number of ether oxygens (including phenoxy) is 1. The van der Waals surface area contributed by atoms with Gasteiger partial charge in [-0.05, 0) is 30.5 Å². The number of benzene rings is 1. The van der Waals surface area contributed by atoms with Crippen molar-refractivity contribution in [3.63, 3.8) is 0 Å². The normalized spacial score (nSPS) is 16.5. The van der Waals surface area contributed by atoms with E-state index in [0.717, 1.165) is 17.9 Å². The van der Waals surface area contributed by atoms with Crippen LogP contribution in [0, 0.1) is 11.6 Å². The molecular formula is C18H21F2N3O3. The van der Waals surface area contributed by atoms with Gasteiger partial charge in [-0.1, -0.05) is 6.92 Å². The molecule has 1 aromatic carbocycles. The number of nitrogens with zero attached hydrogens (tertiary/aromatic N) is 3. The molecule has 1 unspecified atom stereocenters. The number of rotatable bonds is 5. The molecule has 1 atom stereocenters. The Labute approximate surface area is 150 Å². The monoisotopic (exact) mass is 365 g/mol. The summed E-state index contributed by atoms with van der Waals surface area (Å²) >= 11 is 0. The maximum Gasteiger partial charge on any atom is 0.407 e. The van der Waals surface area contributed by atoms with Crippen LogP contribution in [-0.4, -0.2) is 39.3 Å². The molecule has 1 amide bonds. The minimum Gasteiger partial charge on any atom is -0.491 e. The number of carboxylic acid groups (broad SMARTS) is 1. The summed E-state index contributed by atoms with van der Waals surface area (Å²) in [6.45, 7) is 2.92. The Morgan fingerprint density at radius 1 is 1.35 bits per heavy atom. The Bertz CT molecular complexity index is 799. The maximum atomic E-state index is 13.9. The third-order valence-corrected chi connectivity index (χ3v) is 4.78. The second kappa shape index (κ2) is 7.31. The largest absolute Gasteiger partial charge is 0.491 e. The van der Waals surface area contributed by atoms with Crippen molar-refractivity contribution in [3.05, 3.63) is 47.0 Å². The summed E-state index contributed by atoms with van der Waals surface area (Å²) in [6.07, 6.45) is 2.20. The summed E-state index contributed by atoms with van der Waals surface area (Å²) in [5.74, 6) is -1.03. The van der Waals surface area contributed by atoms with E-state index < -0.39 is 29.5 Å². The summed E-state index contributed by atoms with van der Waals surface area (Å²) in [4.78, 5) is 17.4. The summed E-state index contributed by atoms with van der Waals surface area (Å²) in [6, 6.07) is 2.05. The standard InChI is InChI=1S/C18H21F2N3O3/c1-3-16-21-10-15-14(23(18(24)25)7-6-22(15)16)5-4-11-8-12(19)17(26-2)13(20)9-11/h8-10,14H,3-7H2,1-2H3,(H,24,25). The van der Waals surface area contributed by atoms with Crippen molar-refractivity contribution in [2.75, 3.05) is 13.7 Å². The fraction of sp³-hybridized carbons (Fsp3) is 0.444. The first-order valence-corrected chi connectivity index (χ1v) is 8.52. The Morgan fingerprint density at radius 3 is 2.62 bits per heavy atom. The average molecular weight is 365 g/mol. The van der Waals surface area contributed by atoms with Crippen LogP contribution in [0.5, 0.6) is 5.75 Å². The Kier molecular flexibility index (Phi) is 5.11. The van der Waals surface area contributed by atoms with Gasteiger partial charge < -0.3 is 14.4 Å². The van der Waals surface area contributed by atoms with Gasteiger partial charge in [0.2, 0.25) is 0 Å². The van der Waals surface area contributed by atoms with Crippen molar-refractivity contribution in [2.24, 2.45) is 0 Å². The molecule has 8 heteroatoms. The molecule has 140 valence electrons. The molecule has 0 saturated carbocycles. The number of fused-ring (bicyclic) bond motifs is 1. The second-order valence-electron chi connectivity index (χ2n) is 6.23. The van der Waals surface area contributed by atoms with E-state index >= 15 is 0 Å². The van der Waals surface area contributed by atoms with E-state index in [0.29, 0.717) is 31.5 Å². The molecule has 2 heterocycles. The highest BCUT2D eigenvalue weighted by Crippen LogP contribution is 2.32. The van der Waals surface area contributed by atoms with Crippen LogP contribution in [0.15, 0.2) is 18.3 Å². The predicted molar refractivity (Wildman–Crippen MR) is 90.3 cm³/mol. The Morgan fingerprint density at radius 2 is 2.04 bits per heavy atom. The molecule has 3 rings (SSSR count). The van der Waals surface area contributed by atoms with Crippen LogP contribution >= 0.6 is 0 Å². The first kappa shape index (κ1) is 18.2. The van der Waals surface area contributed by atoms with Gasteiger partial charge in [0.05, 0.1) is 25.0 Å². The van der Waals surface area contributed by atoms with E-state index in [1.54, 1.807) is 6.20 Å². The molecular weight excluding hydrogens is 344 g/mol. The average Bonchev–Trinajstić information content (AvgIpc) is 3.02. The van der Waals surface area contributed by atoms with Crippen LogP contribution in [0.25, 0.3) is 0 Å². The van der Waals surface area contributed by atoms with E-state index in [2.05, 4.69) is 9.72 Å². The molecule has 1 aliphatic heterocycles. The molecule has 0 spiro atoms. The Hall–Kier alpha value is -2.64. The summed E-state index contributed by atoms with van der Waals surface area (Å²) in [5, 5.41) is 9.51. The zero-order chi connectivity index (χ0) is 18.8. The number of carbonyl (C=O) groups is 1. The van der Waals surface area contributed by atoms with Crippen molar-refractivity contribution in [3.8, 4) is 5.75 Å². The molecule has 6 nitrogen and oxygen atoms in total. The molecule has 2 aromatic rings. The third kappa shape index (κ3) is 3.23. The Balaban J connectivity index is 1.85. The molecule has 0 radical (unpaired) electrons. The van der Waals surface area contributed by atoms with Gasteiger partial charge in [-0.25, -0.2) is 18.6 Å². The van der Waals surface area contributed by atoms with Crippen molar-refractivity contribution in [2.45, 2.75) is 38.8 Å². The summed E-state index contributed by atoms with van der Waals surface area (Å²) in [7, 11) is 1.21. The highest BCUT2D eigenvalue weighted by Gasteiger charge is 2.32. The summed E-state index contributed by atoms with van der Waals surface area (Å²) in [5.41, 5.74) is 1.28. The molecule has 1 aliphatic rings. The second-order valence-corrected chi connectivity index (χ2v) is 6.23. The lowest BCUT2D eigenvalue weighted by Gasteiger charge is -2.35. The zero-order valence-corrected chi connectivity index (χ0v) is 14.7. The van der Waals surface area contributed by atoms with Crippen molar-refractivity contribution >= 4 is 6.09 Å². The van der Waals surface area contributed by atoms with Crippen molar-refractivity contribution < 1.29 is 23.4 Å². The lowest BCUT2D eigenvalue weighted by atomic mass is 10.00. The summed E-state index contributed by atoms with van der Waals surface area (Å²) < 4.78 is 34.5. The van der Waals surface area contributed by atoms with Crippen molar-refractivity contribution in [1.82, 2.24) is 14.5 Å². The molecule has 0 saturated heterocycles. The van der Waals surface area contributed by atoms with Crippen LogP contribution in [0.3, 0.4) is 0 Å². The lowest BCUT2D eigenvalue weighted by Crippen LogP contribution is -2.41. The van der Waals surface area contributed by atoms with Crippen LogP contribution in [-0.2, 0) is 19.4 Å². The van der Waals surface area contributed by atoms with Gasteiger partial charge in [0.15, 0.2) is 17.4 Å². The number of amides is 1. The van der Waals surface area contributed by atoms with Gasteiger partial charge in [-0.15, -0.1) is 0 Å². The third-order valence-electron chi connectivity index (χ3n) is 4.78. The highest BCUT2D eigenvalue weighted by molar-refractivity contribution is 5.66. The molecule has 0 fully saturated rings. The van der Waals surface area contributed by atoms with E-state index in [-0.39, 0.29) is 0 Å². The first-order valence-electron chi connectivity index (χ1n) is 8.52. The fourth-order valence-electron chi connectivity index (χ4n) is 3.55. The number of methoxy groups -OCH3 is 1. The van der Waals surface area contributed by atoms with Crippen LogP contribution in [0.1, 0.15) is 36.5 Å². The predicted octanol–water partition coefficient (Wildman–Crippen LogP) is 3.40. The van der Waals surface area contributed by atoms with Gasteiger partial charge in [-0.2, -0.15) is 0 Å². The van der Waals surface area contributed by atoms with Gasteiger partial charge >= 0.3 is 6.09 Å². The quantitative estimate of drug-likeness (QED) is 0.882. The minimum atomic E-state index is -1.01. The van der Waals surface area contributed by atoms with Gasteiger partial charge in [0.1, 0.15) is 5.82 Å². The van der Waals surface area contributed by atoms with Gasteiger partial charge in [-0.3, -0.25) is 4.90 Å². The van der Waals surface area contributed by atoms with E-state index in [1.807, 2.05) is 11.5 Å². The van der Waals surface area contributed by atoms with E-state index in [9.17, 15) is 18.7 Å². The minimum absolute atomic E-state index is 0.332. The zero-order valence-electron chi connectivity index (χ0n) is 14.7. The van der Waals surface area contributed by atoms with E-state index in [1.165, 1.54) is 24.1 Å². The number of hydrogen-bond donors (Lipinski definition) is 1. The number of aromatic nitrogens is 2. The van der Waals surface area contributed by atoms with Crippen LogP contribution < -0.4 is 4.74 Å². The number of hydrogen-bond acceptors (Lipinski definition) is 3. The number of halogens is 2. The lowest BCUT2D eigenvalue weighted by molar-refractivity contribution is 0.106. The smallest absolute Gasteiger partial charge is 0.407 e. The maximum absolute atomic E-state index is 13.9. The highest BCUT2D eigenvalue weighted by atomic mass is 19.1. The molecule has 1 aromatic heterocycles. The van der Waals surface area contributed by atoms with Crippen molar-refractivity contribution in [1.29, 1.82) is 0 Å². The van der Waals surface area contributed by atoms with Crippen LogP contribution in [0.2, 0.25) is 0 Å². The number of imidazole rings is 1. The SMILES string of the molecule is CCc1ncc2n1CCN(C(=O)O)C2CCc1cc(F)c(OC)c(F)c1. The fourth-order valence-corrected chi connectivity index (χ4v) is 3.55. The van der Waals surface area contributed by atoms with E-state index in [4.69, 9.17) is 0 Å². The number of aryl methyl sites for hydroxylation is 2. The van der Waals surface area contributed by atoms with Gasteiger partial charge in [0, 0.05) is 19.5 Å². The molecule has 0 bridgehead atoms. The molecule has 1 N–H and O–H groups in total. The van der Waals surface area contributed by atoms with Crippen LogP contribution in [0.4, 0.5) is 13.6 Å². The molecule has 0 aliphatic carbocycles.